The summed E-state index contributed by atoms with van der Waals surface area (Å²) in [6.45, 7) is 2.08. The SMILES string of the molecule is CCCOc1ccc(C(=O)CCC(=O)OCC(=O)c2ccc3c(c2)NC(=O)CO3)cc1. The van der Waals surface area contributed by atoms with Crippen LogP contribution in [-0.4, -0.2) is 43.3 Å². The van der Waals surface area contributed by atoms with Gasteiger partial charge in [0.05, 0.1) is 18.7 Å². The lowest BCUT2D eigenvalue weighted by atomic mass is 10.1. The molecule has 3 rings (SSSR count). The minimum absolute atomic E-state index is 0.0234. The lowest BCUT2D eigenvalue weighted by Crippen LogP contribution is -2.25. The molecule has 0 spiro atoms. The summed E-state index contributed by atoms with van der Waals surface area (Å²) in [7, 11) is 0. The van der Waals surface area contributed by atoms with Gasteiger partial charge in [-0.05, 0) is 48.9 Å². The summed E-state index contributed by atoms with van der Waals surface area (Å²) in [6.07, 6.45) is 0.738. The fourth-order valence-corrected chi connectivity index (χ4v) is 2.88. The van der Waals surface area contributed by atoms with Gasteiger partial charge in [-0.2, -0.15) is 0 Å². The number of carbonyl (C=O) groups excluding carboxylic acids is 4. The number of fused-ring (bicyclic) bond motifs is 1. The van der Waals surface area contributed by atoms with Gasteiger partial charge in [0.2, 0.25) is 0 Å². The Labute approximate surface area is 179 Å². The second-order valence-electron chi connectivity index (χ2n) is 6.93. The number of rotatable bonds is 10. The Morgan fingerprint density at radius 3 is 2.48 bits per heavy atom. The molecule has 0 aliphatic carbocycles. The molecular formula is C23H23NO7. The number of ether oxygens (including phenoxy) is 3. The third-order valence-electron chi connectivity index (χ3n) is 4.50. The molecule has 162 valence electrons. The maximum Gasteiger partial charge on any atom is 0.306 e. The van der Waals surface area contributed by atoms with Crippen LogP contribution < -0.4 is 14.8 Å². The third-order valence-corrected chi connectivity index (χ3v) is 4.50. The van der Waals surface area contributed by atoms with Crippen molar-refractivity contribution in [1.82, 2.24) is 0 Å². The average Bonchev–Trinajstić information content (AvgIpc) is 2.79. The van der Waals surface area contributed by atoms with E-state index in [9.17, 15) is 19.2 Å². The van der Waals surface area contributed by atoms with Crippen LogP contribution in [0.15, 0.2) is 42.5 Å². The molecule has 1 N–H and O–H groups in total. The summed E-state index contributed by atoms with van der Waals surface area (Å²) < 4.78 is 15.7. The van der Waals surface area contributed by atoms with Crippen LogP contribution in [0.25, 0.3) is 0 Å². The van der Waals surface area contributed by atoms with Gasteiger partial charge in [0.1, 0.15) is 11.5 Å². The molecule has 8 heteroatoms. The first-order valence-electron chi connectivity index (χ1n) is 9.98. The van der Waals surface area contributed by atoms with Crippen molar-refractivity contribution in [1.29, 1.82) is 0 Å². The van der Waals surface area contributed by atoms with E-state index < -0.39 is 18.4 Å². The summed E-state index contributed by atoms with van der Waals surface area (Å²) in [6, 6.07) is 11.3. The van der Waals surface area contributed by atoms with E-state index in [0.29, 0.717) is 29.4 Å². The van der Waals surface area contributed by atoms with Gasteiger partial charge in [0.25, 0.3) is 5.91 Å². The first kappa shape index (κ1) is 22.0. The molecule has 2 aromatic carbocycles. The molecule has 0 atom stereocenters. The van der Waals surface area contributed by atoms with Gasteiger partial charge in [0.15, 0.2) is 24.8 Å². The molecule has 0 saturated heterocycles. The minimum Gasteiger partial charge on any atom is -0.494 e. The van der Waals surface area contributed by atoms with Crippen LogP contribution in [-0.2, 0) is 14.3 Å². The Balaban J connectivity index is 1.44. The molecule has 1 aliphatic rings. The zero-order valence-electron chi connectivity index (χ0n) is 17.1. The maximum absolute atomic E-state index is 12.3. The lowest BCUT2D eigenvalue weighted by molar-refractivity contribution is -0.142. The van der Waals surface area contributed by atoms with Crippen molar-refractivity contribution in [3.63, 3.8) is 0 Å². The van der Waals surface area contributed by atoms with Crippen LogP contribution in [0.4, 0.5) is 5.69 Å². The molecule has 31 heavy (non-hydrogen) atoms. The largest absolute Gasteiger partial charge is 0.494 e. The molecule has 1 aliphatic heterocycles. The summed E-state index contributed by atoms with van der Waals surface area (Å²) in [5.74, 6) is -0.419. The zero-order chi connectivity index (χ0) is 22.2. The summed E-state index contributed by atoms with van der Waals surface area (Å²) in [5.41, 5.74) is 1.15. The molecule has 0 unspecified atom stereocenters. The Bertz CT molecular complexity index is 982. The van der Waals surface area contributed by atoms with Crippen molar-refractivity contribution in [2.24, 2.45) is 0 Å². The van der Waals surface area contributed by atoms with Crippen LogP contribution in [0.5, 0.6) is 11.5 Å². The minimum atomic E-state index is -0.640. The summed E-state index contributed by atoms with van der Waals surface area (Å²) in [5, 5.41) is 2.61. The first-order chi connectivity index (χ1) is 15.0. The maximum atomic E-state index is 12.3. The van der Waals surface area contributed by atoms with Gasteiger partial charge in [0, 0.05) is 17.5 Å². The fraction of sp³-hybridized carbons (Fsp3) is 0.304. The van der Waals surface area contributed by atoms with Gasteiger partial charge in [-0.25, -0.2) is 0 Å². The Morgan fingerprint density at radius 1 is 1.00 bits per heavy atom. The van der Waals surface area contributed by atoms with Crippen LogP contribution in [0.3, 0.4) is 0 Å². The molecular weight excluding hydrogens is 402 g/mol. The van der Waals surface area contributed by atoms with Crippen molar-refractivity contribution < 1.29 is 33.4 Å². The second-order valence-corrected chi connectivity index (χ2v) is 6.93. The summed E-state index contributed by atoms with van der Waals surface area (Å²) >= 11 is 0. The molecule has 0 bridgehead atoms. The highest BCUT2D eigenvalue weighted by Crippen LogP contribution is 2.28. The average molecular weight is 425 g/mol. The van der Waals surface area contributed by atoms with Gasteiger partial charge >= 0.3 is 5.97 Å². The molecule has 2 aromatic rings. The van der Waals surface area contributed by atoms with Crippen molar-refractivity contribution in [2.45, 2.75) is 26.2 Å². The summed E-state index contributed by atoms with van der Waals surface area (Å²) in [4.78, 5) is 47.8. The van der Waals surface area contributed by atoms with E-state index in [1.165, 1.54) is 12.1 Å². The quantitative estimate of drug-likeness (QED) is 0.460. The van der Waals surface area contributed by atoms with Crippen LogP contribution in [0.2, 0.25) is 0 Å². The molecule has 0 radical (unpaired) electrons. The third kappa shape index (κ3) is 6.15. The van der Waals surface area contributed by atoms with Gasteiger partial charge in [-0.3, -0.25) is 19.2 Å². The predicted molar refractivity (Wildman–Crippen MR) is 112 cm³/mol. The number of hydrogen-bond acceptors (Lipinski definition) is 7. The number of Topliss-reactive ketones (excluding diaryl/α,β-unsaturated/α-hetero) is 2. The van der Waals surface area contributed by atoms with Gasteiger partial charge in [-0.1, -0.05) is 6.92 Å². The fourth-order valence-electron chi connectivity index (χ4n) is 2.88. The monoisotopic (exact) mass is 425 g/mol. The molecule has 0 fully saturated rings. The Kier molecular flexibility index (Phi) is 7.37. The number of hydrogen-bond donors (Lipinski definition) is 1. The predicted octanol–water partition coefficient (Wildman–Crippen LogP) is 3.20. The van der Waals surface area contributed by atoms with Gasteiger partial charge in [-0.15, -0.1) is 0 Å². The van der Waals surface area contributed by atoms with E-state index in [2.05, 4.69) is 5.32 Å². The highest BCUT2D eigenvalue weighted by atomic mass is 16.5. The normalized spacial score (nSPS) is 12.2. The number of esters is 1. The van der Waals surface area contributed by atoms with E-state index >= 15 is 0 Å². The number of ketones is 2. The topological polar surface area (TPSA) is 108 Å². The Morgan fingerprint density at radius 2 is 1.74 bits per heavy atom. The molecule has 1 heterocycles. The second kappa shape index (κ2) is 10.4. The highest BCUT2D eigenvalue weighted by Gasteiger charge is 2.19. The van der Waals surface area contributed by atoms with Gasteiger partial charge < -0.3 is 19.5 Å². The van der Waals surface area contributed by atoms with Crippen molar-refractivity contribution in [3.8, 4) is 11.5 Å². The van der Waals surface area contributed by atoms with E-state index in [1.54, 1.807) is 30.3 Å². The number of nitrogens with one attached hydrogen (secondary N) is 1. The van der Waals surface area contributed by atoms with E-state index in [-0.39, 0.29) is 36.7 Å². The van der Waals surface area contributed by atoms with Crippen LogP contribution in [0.1, 0.15) is 46.9 Å². The van der Waals surface area contributed by atoms with E-state index in [1.807, 2.05) is 6.92 Å². The Hall–Kier alpha value is -3.68. The highest BCUT2D eigenvalue weighted by molar-refractivity contribution is 6.02. The molecule has 8 nitrogen and oxygen atoms in total. The van der Waals surface area contributed by atoms with E-state index in [0.717, 1.165) is 6.42 Å². The number of carbonyl (C=O) groups is 4. The van der Waals surface area contributed by atoms with Crippen molar-refractivity contribution in [3.05, 3.63) is 53.6 Å². The van der Waals surface area contributed by atoms with E-state index in [4.69, 9.17) is 14.2 Å². The number of anilines is 1. The van der Waals surface area contributed by atoms with Crippen molar-refractivity contribution in [2.75, 3.05) is 25.1 Å². The standard InChI is InChI=1S/C23H23NO7/c1-2-11-29-17-6-3-15(4-7-17)19(25)8-10-23(28)31-13-20(26)16-5-9-21-18(12-16)24-22(27)14-30-21/h3-7,9,12H,2,8,10-11,13-14H2,1H3,(H,24,27). The molecule has 1 amide bonds. The van der Waals surface area contributed by atoms with Crippen LogP contribution >= 0.6 is 0 Å². The zero-order valence-corrected chi connectivity index (χ0v) is 17.1. The van der Waals surface area contributed by atoms with Crippen molar-refractivity contribution >= 4 is 29.1 Å². The van der Waals surface area contributed by atoms with Crippen LogP contribution in [0, 0.1) is 0 Å². The smallest absolute Gasteiger partial charge is 0.306 e. The molecule has 0 saturated carbocycles. The number of amides is 1. The lowest BCUT2D eigenvalue weighted by Gasteiger charge is -2.18. The molecule has 0 aromatic heterocycles. The number of benzene rings is 2. The first-order valence-corrected chi connectivity index (χ1v) is 9.98.